The standard InChI is InChI=1S/C4H6N4S/c5-4-9-3-1-2-7-8-6/h1-3H2. The van der Waals surface area contributed by atoms with Crippen molar-refractivity contribution in [2.24, 2.45) is 5.11 Å². The number of hydrogen-bond donors (Lipinski definition) is 0. The zero-order valence-electron chi connectivity index (χ0n) is 4.82. The number of rotatable bonds is 4. The molecule has 5 heteroatoms. The Morgan fingerprint density at radius 1 is 1.78 bits per heavy atom. The van der Waals surface area contributed by atoms with E-state index in [2.05, 4.69) is 10.0 Å². The van der Waals surface area contributed by atoms with E-state index in [1.165, 1.54) is 11.8 Å². The highest BCUT2D eigenvalue weighted by Crippen LogP contribution is 1.97. The molecule has 4 nitrogen and oxygen atoms in total. The van der Waals surface area contributed by atoms with E-state index in [1.54, 1.807) is 0 Å². The van der Waals surface area contributed by atoms with Crippen molar-refractivity contribution in [2.45, 2.75) is 6.42 Å². The molecule has 9 heavy (non-hydrogen) atoms. The van der Waals surface area contributed by atoms with Crippen molar-refractivity contribution in [2.75, 3.05) is 12.3 Å². The number of thiocyanates is 1. The highest BCUT2D eigenvalue weighted by atomic mass is 32.2. The highest BCUT2D eigenvalue weighted by Gasteiger charge is 1.83. The smallest absolute Gasteiger partial charge is 0.133 e. The molecule has 0 aliphatic carbocycles. The lowest BCUT2D eigenvalue weighted by molar-refractivity contribution is 0.933. The third-order valence-corrected chi connectivity index (χ3v) is 1.25. The van der Waals surface area contributed by atoms with E-state index in [0.717, 1.165) is 12.2 Å². The molecule has 0 bridgehead atoms. The van der Waals surface area contributed by atoms with E-state index in [0.29, 0.717) is 6.54 Å². The highest BCUT2D eigenvalue weighted by molar-refractivity contribution is 8.03. The van der Waals surface area contributed by atoms with Crippen LogP contribution in [0.15, 0.2) is 5.11 Å². The van der Waals surface area contributed by atoms with Crippen molar-refractivity contribution in [1.29, 1.82) is 5.26 Å². The molecule has 0 amide bonds. The number of hydrogen-bond acceptors (Lipinski definition) is 3. The predicted octanol–water partition coefficient (Wildman–Crippen LogP) is 1.90. The van der Waals surface area contributed by atoms with Crippen LogP contribution in [0, 0.1) is 10.7 Å². The van der Waals surface area contributed by atoms with Crippen molar-refractivity contribution in [3.63, 3.8) is 0 Å². The summed E-state index contributed by atoms with van der Waals surface area (Å²) >= 11 is 1.18. The molecule has 0 saturated heterocycles. The van der Waals surface area contributed by atoms with E-state index in [1.807, 2.05) is 5.40 Å². The lowest BCUT2D eigenvalue weighted by Crippen LogP contribution is -1.80. The van der Waals surface area contributed by atoms with Gasteiger partial charge in [-0.1, -0.05) is 5.11 Å². The zero-order chi connectivity index (χ0) is 6.95. The minimum atomic E-state index is 0.491. The molecule has 0 aromatic heterocycles. The molecule has 0 radical (unpaired) electrons. The van der Waals surface area contributed by atoms with Gasteiger partial charge in [-0.3, -0.25) is 0 Å². The average Bonchev–Trinajstić information content (AvgIpc) is 1.89. The summed E-state index contributed by atoms with van der Waals surface area (Å²) in [5, 5.41) is 13.3. The van der Waals surface area contributed by atoms with Gasteiger partial charge in [0.15, 0.2) is 0 Å². The number of thioether (sulfide) groups is 1. The van der Waals surface area contributed by atoms with Crippen LogP contribution >= 0.6 is 11.8 Å². The summed E-state index contributed by atoms with van der Waals surface area (Å²) < 4.78 is 0. The van der Waals surface area contributed by atoms with Gasteiger partial charge < -0.3 is 0 Å². The molecule has 0 spiro atoms. The molecule has 0 heterocycles. The van der Waals surface area contributed by atoms with Gasteiger partial charge >= 0.3 is 0 Å². The van der Waals surface area contributed by atoms with Crippen LogP contribution in [0.5, 0.6) is 0 Å². The molecule has 0 atom stereocenters. The molecule has 0 aliphatic heterocycles. The first-order valence-corrected chi connectivity index (χ1v) is 3.42. The zero-order valence-corrected chi connectivity index (χ0v) is 5.63. The van der Waals surface area contributed by atoms with Crippen LogP contribution in [0.2, 0.25) is 0 Å². The third-order valence-electron chi connectivity index (χ3n) is 0.632. The fraction of sp³-hybridized carbons (Fsp3) is 0.750. The van der Waals surface area contributed by atoms with E-state index in [-0.39, 0.29) is 0 Å². The molecule has 0 aliphatic rings. The first kappa shape index (κ1) is 8.15. The fourth-order valence-electron chi connectivity index (χ4n) is 0.298. The molecule has 0 fully saturated rings. The van der Waals surface area contributed by atoms with Crippen molar-refractivity contribution in [1.82, 2.24) is 0 Å². The first-order valence-electron chi connectivity index (χ1n) is 2.43. The lowest BCUT2D eigenvalue weighted by atomic mass is 10.5. The van der Waals surface area contributed by atoms with Gasteiger partial charge in [0.25, 0.3) is 0 Å². The Morgan fingerprint density at radius 2 is 2.56 bits per heavy atom. The number of nitrogens with zero attached hydrogens (tertiary/aromatic N) is 4. The third kappa shape index (κ3) is 7.15. The van der Waals surface area contributed by atoms with Gasteiger partial charge in [0.1, 0.15) is 5.40 Å². The normalized spacial score (nSPS) is 7.44. The summed E-state index contributed by atoms with van der Waals surface area (Å²) in [5.74, 6) is 0.746. The summed E-state index contributed by atoms with van der Waals surface area (Å²) in [6.45, 7) is 0.491. The number of nitriles is 1. The molecule has 0 aromatic rings. The molecule has 0 aromatic carbocycles. The monoisotopic (exact) mass is 142 g/mol. The van der Waals surface area contributed by atoms with Gasteiger partial charge in [-0.05, 0) is 23.7 Å². The Morgan fingerprint density at radius 3 is 3.11 bits per heavy atom. The van der Waals surface area contributed by atoms with E-state index in [4.69, 9.17) is 10.8 Å². The van der Waals surface area contributed by atoms with Crippen molar-refractivity contribution in [3.05, 3.63) is 10.4 Å². The van der Waals surface area contributed by atoms with E-state index < -0.39 is 0 Å². The van der Waals surface area contributed by atoms with Gasteiger partial charge in [-0.25, -0.2) is 0 Å². The SMILES string of the molecule is N#CSCCCN=[N+]=[N-]. The van der Waals surface area contributed by atoms with Crippen LogP contribution in [0.3, 0.4) is 0 Å². The van der Waals surface area contributed by atoms with Gasteiger partial charge in [0, 0.05) is 17.2 Å². The van der Waals surface area contributed by atoms with Crippen LogP contribution in [0.1, 0.15) is 6.42 Å². The van der Waals surface area contributed by atoms with Gasteiger partial charge in [-0.15, -0.1) is 0 Å². The second-order valence-corrected chi connectivity index (χ2v) is 2.13. The average molecular weight is 142 g/mol. The maximum Gasteiger partial charge on any atom is 0.133 e. The van der Waals surface area contributed by atoms with Gasteiger partial charge in [0.05, 0.1) is 0 Å². The quantitative estimate of drug-likeness (QED) is 0.198. The maximum absolute atomic E-state index is 8.03. The van der Waals surface area contributed by atoms with Crippen LogP contribution < -0.4 is 0 Å². The summed E-state index contributed by atoms with van der Waals surface area (Å²) in [4.78, 5) is 2.57. The lowest BCUT2D eigenvalue weighted by Gasteiger charge is -1.84. The molecule has 48 valence electrons. The minimum Gasteiger partial charge on any atom is -0.185 e. The van der Waals surface area contributed by atoms with Crippen LogP contribution in [-0.4, -0.2) is 12.3 Å². The largest absolute Gasteiger partial charge is 0.185 e. The Hall–Kier alpha value is -0.850. The van der Waals surface area contributed by atoms with E-state index >= 15 is 0 Å². The molecular weight excluding hydrogens is 136 g/mol. The van der Waals surface area contributed by atoms with E-state index in [9.17, 15) is 0 Å². The van der Waals surface area contributed by atoms with Gasteiger partial charge in [-0.2, -0.15) is 5.26 Å². The summed E-state index contributed by atoms with van der Waals surface area (Å²) in [5.41, 5.74) is 7.81. The maximum atomic E-state index is 8.03. The molecule has 0 N–H and O–H groups in total. The topological polar surface area (TPSA) is 72.5 Å². The summed E-state index contributed by atoms with van der Waals surface area (Å²) in [7, 11) is 0. The van der Waals surface area contributed by atoms with Crippen LogP contribution in [0.4, 0.5) is 0 Å². The first-order chi connectivity index (χ1) is 4.41. The molecular formula is C4H6N4S. The predicted molar refractivity (Wildman–Crippen MR) is 36.7 cm³/mol. The van der Waals surface area contributed by atoms with Gasteiger partial charge in [0.2, 0.25) is 0 Å². The van der Waals surface area contributed by atoms with Crippen molar-refractivity contribution < 1.29 is 0 Å². The Bertz CT molecular complexity index is 143. The molecule has 0 saturated carbocycles. The summed E-state index contributed by atoms with van der Waals surface area (Å²) in [6, 6.07) is 0. The Balaban J connectivity index is 2.93. The van der Waals surface area contributed by atoms with Crippen molar-refractivity contribution in [3.8, 4) is 5.40 Å². The Labute approximate surface area is 57.5 Å². The van der Waals surface area contributed by atoms with Crippen LogP contribution in [0.25, 0.3) is 10.4 Å². The number of azide groups is 1. The minimum absolute atomic E-state index is 0.491. The van der Waals surface area contributed by atoms with Crippen molar-refractivity contribution >= 4 is 11.8 Å². The Kier molecular flexibility index (Phi) is 6.47. The second kappa shape index (κ2) is 7.15. The second-order valence-electron chi connectivity index (χ2n) is 1.25. The molecule has 0 rings (SSSR count). The fourth-order valence-corrected chi connectivity index (χ4v) is 0.663. The molecule has 0 unspecified atom stereocenters. The summed E-state index contributed by atoms with van der Waals surface area (Å²) in [6.07, 6.45) is 0.780. The van der Waals surface area contributed by atoms with Crippen LogP contribution in [-0.2, 0) is 0 Å².